The first-order valence-corrected chi connectivity index (χ1v) is 14.1. The molecular formula is C24H45N5O4S. The minimum absolute atomic E-state index is 0.0501. The highest BCUT2D eigenvalue weighted by atomic mass is 32.2. The fourth-order valence-electron chi connectivity index (χ4n) is 4.28. The molecule has 0 bridgehead atoms. The van der Waals surface area contributed by atoms with Gasteiger partial charge < -0.3 is 31.7 Å². The molecule has 0 aromatic carbocycles. The van der Waals surface area contributed by atoms with Crippen LogP contribution in [0.5, 0.6) is 0 Å². The molecule has 2 rings (SSSR count). The Bertz CT molecular complexity index is 622. The average Bonchev–Trinajstić information content (AvgIpc) is 3.34. The number of carbonyl (C=O) groups excluding carboxylic acids is 3. The summed E-state index contributed by atoms with van der Waals surface area (Å²) in [5.74, 6) is 0.961. The summed E-state index contributed by atoms with van der Waals surface area (Å²) in [6, 6.07) is 0.626. The second-order valence-electron chi connectivity index (χ2n) is 9.49. The second-order valence-corrected chi connectivity index (χ2v) is 10.8. The van der Waals surface area contributed by atoms with Crippen LogP contribution in [0.3, 0.4) is 0 Å². The van der Waals surface area contributed by atoms with Crippen molar-refractivity contribution in [3.8, 4) is 0 Å². The number of hydrogen-bond acceptors (Lipinski definition) is 7. The Morgan fingerprint density at radius 1 is 1.06 bits per heavy atom. The third-order valence-electron chi connectivity index (χ3n) is 6.19. The van der Waals surface area contributed by atoms with Gasteiger partial charge in [-0.05, 0) is 58.4 Å². The summed E-state index contributed by atoms with van der Waals surface area (Å²) in [5.41, 5.74) is 5.67. The molecule has 0 saturated carbocycles. The quantitative estimate of drug-likeness (QED) is 0.104. The summed E-state index contributed by atoms with van der Waals surface area (Å²) in [7, 11) is 0. The monoisotopic (exact) mass is 499 g/mol. The van der Waals surface area contributed by atoms with E-state index >= 15 is 0 Å². The molecule has 2 aliphatic rings. The molecule has 3 amide bonds. The first-order valence-electron chi connectivity index (χ1n) is 13.0. The number of unbranched alkanes of at least 4 members (excludes halogenated alkanes) is 5. The lowest BCUT2D eigenvalue weighted by Gasteiger charge is -2.16. The van der Waals surface area contributed by atoms with Crippen LogP contribution in [0.25, 0.3) is 0 Å². The maximum Gasteiger partial charge on any atom is 0.315 e. The molecular weight excluding hydrogens is 454 g/mol. The summed E-state index contributed by atoms with van der Waals surface area (Å²) in [6.07, 6.45) is 9.51. The molecule has 1 unspecified atom stereocenters. The van der Waals surface area contributed by atoms with E-state index in [1.807, 2.05) is 18.7 Å². The summed E-state index contributed by atoms with van der Waals surface area (Å²) in [4.78, 5) is 35.2. The molecule has 10 heteroatoms. The standard InChI is InChI=1S/C24H45N5O4S/c1-18(25)16-26-13-7-2-4-12-22(31)33-15-9-3-8-14-27-21(30)11-6-5-10-20-23-19(17-34-20)28-24(32)29-23/h18-20,23,26H,2-17,25H2,1H3,(H,27,30)(H2,28,29,32)/t18?,19-,20+,23-/m0/s1. The smallest absolute Gasteiger partial charge is 0.315 e. The van der Waals surface area contributed by atoms with Gasteiger partial charge >= 0.3 is 12.0 Å². The molecule has 0 spiro atoms. The van der Waals surface area contributed by atoms with Crippen LogP contribution in [-0.4, -0.2) is 73.3 Å². The lowest BCUT2D eigenvalue weighted by Crippen LogP contribution is -2.36. The van der Waals surface area contributed by atoms with Crippen molar-refractivity contribution in [1.82, 2.24) is 21.3 Å². The highest BCUT2D eigenvalue weighted by Crippen LogP contribution is 2.33. The third kappa shape index (κ3) is 12.3. The predicted octanol–water partition coefficient (Wildman–Crippen LogP) is 2.04. The van der Waals surface area contributed by atoms with E-state index in [2.05, 4.69) is 21.3 Å². The van der Waals surface area contributed by atoms with E-state index in [1.54, 1.807) is 0 Å². The van der Waals surface area contributed by atoms with E-state index in [0.29, 0.717) is 31.2 Å². The van der Waals surface area contributed by atoms with Crippen LogP contribution in [0.2, 0.25) is 0 Å². The van der Waals surface area contributed by atoms with Crippen LogP contribution in [0.15, 0.2) is 0 Å². The first kappa shape index (κ1) is 28.7. The number of nitrogens with two attached hydrogens (primary N) is 1. The molecule has 0 aromatic rings. The van der Waals surface area contributed by atoms with Crippen molar-refractivity contribution in [1.29, 1.82) is 0 Å². The summed E-state index contributed by atoms with van der Waals surface area (Å²) < 4.78 is 5.28. The maximum atomic E-state index is 12.0. The van der Waals surface area contributed by atoms with E-state index in [-0.39, 0.29) is 36.0 Å². The Labute approximate surface area is 208 Å². The van der Waals surface area contributed by atoms with Gasteiger partial charge in [-0.25, -0.2) is 4.79 Å². The van der Waals surface area contributed by atoms with Crippen LogP contribution in [-0.2, 0) is 14.3 Å². The number of urea groups is 1. The van der Waals surface area contributed by atoms with Gasteiger partial charge in [0.1, 0.15) is 0 Å². The molecule has 34 heavy (non-hydrogen) atoms. The number of hydrogen-bond donors (Lipinski definition) is 5. The Morgan fingerprint density at radius 3 is 2.65 bits per heavy atom. The molecule has 4 atom stereocenters. The van der Waals surface area contributed by atoms with Crippen molar-refractivity contribution in [2.45, 2.75) is 101 Å². The van der Waals surface area contributed by atoms with Crippen molar-refractivity contribution in [2.75, 3.05) is 32.0 Å². The van der Waals surface area contributed by atoms with Gasteiger partial charge in [-0.15, -0.1) is 0 Å². The van der Waals surface area contributed by atoms with E-state index in [9.17, 15) is 14.4 Å². The van der Waals surface area contributed by atoms with Crippen LogP contribution in [0.4, 0.5) is 4.79 Å². The lowest BCUT2D eigenvalue weighted by atomic mass is 10.0. The molecule has 0 radical (unpaired) electrons. The lowest BCUT2D eigenvalue weighted by molar-refractivity contribution is -0.143. The highest BCUT2D eigenvalue weighted by molar-refractivity contribution is 8.00. The van der Waals surface area contributed by atoms with E-state index in [0.717, 1.165) is 76.6 Å². The molecule has 2 aliphatic heterocycles. The van der Waals surface area contributed by atoms with Crippen molar-refractivity contribution in [3.63, 3.8) is 0 Å². The number of rotatable bonds is 19. The first-order chi connectivity index (χ1) is 16.5. The van der Waals surface area contributed by atoms with Gasteiger partial charge in [-0.3, -0.25) is 9.59 Å². The number of amides is 3. The average molecular weight is 500 g/mol. The fourth-order valence-corrected chi connectivity index (χ4v) is 5.82. The van der Waals surface area contributed by atoms with Crippen LogP contribution in [0, 0.1) is 0 Å². The van der Waals surface area contributed by atoms with Gasteiger partial charge in [0.05, 0.1) is 18.7 Å². The van der Waals surface area contributed by atoms with Crippen molar-refractivity contribution >= 4 is 29.7 Å². The summed E-state index contributed by atoms with van der Waals surface area (Å²) in [5, 5.41) is 12.7. The number of fused-ring (bicyclic) bond motifs is 1. The number of ether oxygens (including phenoxy) is 1. The van der Waals surface area contributed by atoms with Gasteiger partial charge in [0.15, 0.2) is 0 Å². The molecule has 9 nitrogen and oxygen atoms in total. The van der Waals surface area contributed by atoms with Crippen LogP contribution < -0.4 is 27.0 Å². The van der Waals surface area contributed by atoms with E-state index in [1.165, 1.54) is 0 Å². The number of carbonyl (C=O) groups is 3. The molecule has 2 saturated heterocycles. The fraction of sp³-hybridized carbons (Fsp3) is 0.875. The highest BCUT2D eigenvalue weighted by Gasteiger charge is 2.42. The Balaban J connectivity index is 1.32. The van der Waals surface area contributed by atoms with Gasteiger partial charge in [-0.2, -0.15) is 11.8 Å². The normalized spacial score (nSPS) is 22.1. The predicted molar refractivity (Wildman–Crippen MR) is 137 cm³/mol. The van der Waals surface area contributed by atoms with Crippen LogP contribution in [0.1, 0.15) is 77.6 Å². The topological polar surface area (TPSA) is 135 Å². The van der Waals surface area contributed by atoms with E-state index in [4.69, 9.17) is 10.5 Å². The minimum atomic E-state index is -0.116. The maximum absolute atomic E-state index is 12.0. The Kier molecular flexibility index (Phi) is 14.4. The van der Waals surface area contributed by atoms with Gasteiger partial charge in [0, 0.05) is 43.0 Å². The van der Waals surface area contributed by atoms with Gasteiger partial charge in [0.2, 0.25) is 5.91 Å². The number of thioether (sulfide) groups is 1. The van der Waals surface area contributed by atoms with Crippen molar-refractivity contribution in [2.24, 2.45) is 5.73 Å². The Morgan fingerprint density at radius 2 is 1.82 bits per heavy atom. The minimum Gasteiger partial charge on any atom is -0.466 e. The van der Waals surface area contributed by atoms with Gasteiger partial charge in [0.25, 0.3) is 0 Å². The van der Waals surface area contributed by atoms with Crippen LogP contribution >= 0.6 is 11.8 Å². The number of nitrogens with one attached hydrogen (secondary N) is 4. The zero-order valence-electron chi connectivity index (χ0n) is 20.7. The molecule has 0 aliphatic carbocycles. The third-order valence-corrected chi connectivity index (χ3v) is 7.70. The van der Waals surface area contributed by atoms with Crippen molar-refractivity contribution < 1.29 is 19.1 Å². The molecule has 0 aromatic heterocycles. The largest absolute Gasteiger partial charge is 0.466 e. The number of esters is 1. The molecule has 2 heterocycles. The summed E-state index contributed by atoms with van der Waals surface area (Å²) >= 11 is 1.91. The Hall–Kier alpha value is -1.52. The van der Waals surface area contributed by atoms with Gasteiger partial charge in [-0.1, -0.05) is 12.8 Å². The molecule has 196 valence electrons. The molecule has 2 fully saturated rings. The van der Waals surface area contributed by atoms with E-state index < -0.39 is 0 Å². The van der Waals surface area contributed by atoms with Crippen molar-refractivity contribution in [3.05, 3.63) is 0 Å². The zero-order chi connectivity index (χ0) is 24.6. The zero-order valence-corrected chi connectivity index (χ0v) is 21.6. The second kappa shape index (κ2) is 17.0. The summed E-state index contributed by atoms with van der Waals surface area (Å²) in [6.45, 7) is 4.87. The SMILES string of the molecule is CC(N)CNCCCCCC(=O)OCCCCCNC(=O)CCCC[C@H]1SC[C@@H]2NC(=O)N[C@@H]21. The molecule has 6 N–H and O–H groups in total.